The number of alkyl halides is 3. The van der Waals surface area contributed by atoms with Crippen LogP contribution in [0.5, 0.6) is 0 Å². The minimum absolute atomic E-state index is 0.0492. The van der Waals surface area contributed by atoms with Gasteiger partial charge in [0.2, 0.25) is 0 Å². The zero-order chi connectivity index (χ0) is 21.5. The normalized spacial score (nSPS) is 17.3. The number of thiocarbonyl (C=S) groups is 1. The van der Waals surface area contributed by atoms with Gasteiger partial charge in [0.15, 0.2) is 0 Å². The van der Waals surface area contributed by atoms with Crippen LogP contribution in [0.15, 0.2) is 39.7 Å². The molecule has 1 aromatic heterocycles. The zero-order valence-electron chi connectivity index (χ0n) is 14.5. The number of thioether (sulfide) groups is 1. The Morgan fingerprint density at radius 1 is 1.34 bits per heavy atom. The molecule has 0 spiro atoms. The number of carbonyl (C=O) groups excluding carboxylic acids is 1. The van der Waals surface area contributed by atoms with E-state index in [0.717, 1.165) is 34.9 Å². The molecule has 0 saturated carbocycles. The Kier molecular flexibility index (Phi) is 5.79. The van der Waals surface area contributed by atoms with Gasteiger partial charge in [-0.1, -0.05) is 35.6 Å². The van der Waals surface area contributed by atoms with Crippen LogP contribution in [0.2, 0.25) is 5.02 Å². The lowest BCUT2D eigenvalue weighted by molar-refractivity contribution is -0.144. The molecule has 3 rings (SSSR count). The van der Waals surface area contributed by atoms with E-state index in [-0.39, 0.29) is 31.3 Å². The van der Waals surface area contributed by atoms with E-state index < -0.39 is 29.7 Å². The van der Waals surface area contributed by atoms with Crippen LogP contribution in [0.4, 0.5) is 13.2 Å². The van der Waals surface area contributed by atoms with Crippen LogP contribution in [0.1, 0.15) is 18.2 Å². The predicted octanol–water partition coefficient (Wildman–Crippen LogP) is 5.29. The largest absolute Gasteiger partial charge is 0.480 e. The maximum Gasteiger partial charge on any atom is 0.416 e. The molecule has 2 heterocycles. The van der Waals surface area contributed by atoms with E-state index in [1.807, 2.05) is 0 Å². The summed E-state index contributed by atoms with van der Waals surface area (Å²) in [6.45, 7) is 1.33. The van der Waals surface area contributed by atoms with Crippen LogP contribution in [-0.4, -0.2) is 32.2 Å². The highest BCUT2D eigenvalue weighted by Gasteiger charge is 2.38. The number of hydrogen-bond acceptors (Lipinski definition) is 5. The Labute approximate surface area is 177 Å². The molecular weight excluding hydrogens is 451 g/mol. The number of halogens is 4. The Morgan fingerprint density at radius 2 is 2.03 bits per heavy atom. The lowest BCUT2D eigenvalue weighted by atomic mass is 10.1. The van der Waals surface area contributed by atoms with Gasteiger partial charge in [0.05, 0.1) is 15.5 Å². The number of rotatable bonds is 4. The van der Waals surface area contributed by atoms with Gasteiger partial charge in [0, 0.05) is 11.6 Å². The van der Waals surface area contributed by atoms with Gasteiger partial charge < -0.3 is 9.52 Å². The minimum atomic E-state index is -4.54. The molecule has 1 aliphatic rings. The zero-order valence-corrected chi connectivity index (χ0v) is 16.9. The molecule has 0 radical (unpaired) electrons. The van der Waals surface area contributed by atoms with Crippen LogP contribution < -0.4 is 0 Å². The molecule has 152 valence electrons. The fourth-order valence-corrected chi connectivity index (χ4v) is 4.13. The van der Waals surface area contributed by atoms with Crippen LogP contribution in [0.3, 0.4) is 0 Å². The summed E-state index contributed by atoms with van der Waals surface area (Å²) in [5.41, 5.74) is -0.827. The molecule has 1 N–H and O–H groups in total. The molecule has 1 aromatic carbocycles. The summed E-state index contributed by atoms with van der Waals surface area (Å²) in [4.78, 5) is 24.7. The first kappa shape index (κ1) is 21.4. The quantitative estimate of drug-likeness (QED) is 0.492. The highest BCUT2D eigenvalue weighted by molar-refractivity contribution is 8.26. The summed E-state index contributed by atoms with van der Waals surface area (Å²) < 4.78 is 44.5. The molecule has 2 aromatic rings. The van der Waals surface area contributed by atoms with E-state index >= 15 is 0 Å². The highest BCUT2D eigenvalue weighted by atomic mass is 35.5. The smallest absolute Gasteiger partial charge is 0.416 e. The van der Waals surface area contributed by atoms with Gasteiger partial charge in [-0.25, -0.2) is 4.79 Å². The van der Waals surface area contributed by atoms with Gasteiger partial charge in [-0.3, -0.25) is 9.69 Å². The Hall–Kier alpha value is -2.30. The number of aliphatic carboxylic acids is 1. The van der Waals surface area contributed by atoms with Crippen LogP contribution >= 0.6 is 35.6 Å². The average molecular weight is 462 g/mol. The van der Waals surface area contributed by atoms with Crippen molar-refractivity contribution in [3.8, 4) is 11.3 Å². The van der Waals surface area contributed by atoms with Crippen molar-refractivity contribution in [2.75, 3.05) is 0 Å². The third-order valence-corrected chi connectivity index (χ3v) is 5.69. The second-order valence-corrected chi connectivity index (χ2v) is 8.04. The van der Waals surface area contributed by atoms with Crippen molar-refractivity contribution in [1.82, 2.24) is 4.90 Å². The first-order valence-corrected chi connectivity index (χ1v) is 9.56. The number of hydrogen-bond donors (Lipinski definition) is 1. The van der Waals surface area contributed by atoms with Crippen LogP contribution in [0, 0.1) is 0 Å². The first-order chi connectivity index (χ1) is 13.5. The van der Waals surface area contributed by atoms with Crippen molar-refractivity contribution in [3.63, 3.8) is 0 Å². The van der Waals surface area contributed by atoms with Gasteiger partial charge in [0.1, 0.15) is 21.9 Å². The molecule has 0 bridgehead atoms. The van der Waals surface area contributed by atoms with E-state index in [1.165, 1.54) is 25.1 Å². The molecule has 5 nitrogen and oxygen atoms in total. The fraction of sp³-hybridized carbons (Fsp3) is 0.167. The van der Waals surface area contributed by atoms with Crippen molar-refractivity contribution >= 4 is 57.9 Å². The van der Waals surface area contributed by atoms with E-state index in [9.17, 15) is 22.8 Å². The van der Waals surface area contributed by atoms with Gasteiger partial charge in [0.25, 0.3) is 5.91 Å². The van der Waals surface area contributed by atoms with E-state index in [1.54, 1.807) is 0 Å². The van der Waals surface area contributed by atoms with Crippen molar-refractivity contribution in [2.45, 2.75) is 19.1 Å². The Balaban J connectivity index is 1.91. The fourth-order valence-electron chi connectivity index (χ4n) is 2.52. The van der Waals surface area contributed by atoms with Gasteiger partial charge in [-0.15, -0.1) is 0 Å². The molecule has 1 amide bonds. The maximum atomic E-state index is 12.9. The number of carboxylic acid groups (broad SMARTS) is 1. The Bertz CT molecular complexity index is 1050. The highest BCUT2D eigenvalue weighted by Crippen LogP contribution is 2.38. The van der Waals surface area contributed by atoms with Crippen LogP contribution in [-0.2, 0) is 15.8 Å². The number of carbonyl (C=O) groups is 2. The van der Waals surface area contributed by atoms with E-state index in [4.69, 9.17) is 33.3 Å². The number of amides is 1. The number of carboxylic acids is 1. The first-order valence-electron chi connectivity index (χ1n) is 7.96. The number of furan rings is 1. The summed E-state index contributed by atoms with van der Waals surface area (Å²) in [7, 11) is 0. The molecule has 1 atom stereocenters. The third kappa shape index (κ3) is 4.34. The summed E-state index contributed by atoms with van der Waals surface area (Å²) in [6, 6.07) is 4.61. The number of benzene rings is 1. The standard InChI is InChI=1S/C18H11ClF3NO4S2/c1-8(16(25)26)23-15(24)14(29-17(23)28)7-10-3-5-13(27-10)11-6-9(18(20,21)22)2-4-12(11)19/h2-8H,1H3,(H,25,26)/b14-7+. The summed E-state index contributed by atoms with van der Waals surface area (Å²) >= 11 is 12.0. The summed E-state index contributed by atoms with van der Waals surface area (Å²) in [5, 5.41) is 9.17. The molecule has 29 heavy (non-hydrogen) atoms. The maximum absolute atomic E-state index is 12.9. The Morgan fingerprint density at radius 3 is 2.66 bits per heavy atom. The third-order valence-electron chi connectivity index (χ3n) is 4.03. The SMILES string of the molecule is CC(C(=O)O)N1C(=O)/C(=C\c2ccc(-c3cc(C(F)(F)F)ccc3Cl)o2)SC1=S. The molecule has 1 aliphatic heterocycles. The van der Waals surface area contributed by atoms with Crippen LogP contribution in [0.25, 0.3) is 17.4 Å². The lowest BCUT2D eigenvalue weighted by Gasteiger charge is -2.18. The molecule has 1 fully saturated rings. The molecule has 1 saturated heterocycles. The lowest BCUT2D eigenvalue weighted by Crippen LogP contribution is -2.41. The molecule has 0 aliphatic carbocycles. The molecule has 1 unspecified atom stereocenters. The van der Waals surface area contributed by atoms with E-state index in [2.05, 4.69) is 0 Å². The predicted molar refractivity (Wildman–Crippen MR) is 106 cm³/mol. The average Bonchev–Trinajstić information content (AvgIpc) is 3.18. The van der Waals surface area contributed by atoms with Gasteiger partial charge in [-0.2, -0.15) is 13.2 Å². The second-order valence-electron chi connectivity index (χ2n) is 5.96. The van der Waals surface area contributed by atoms with Crippen molar-refractivity contribution in [3.05, 3.63) is 51.6 Å². The number of nitrogens with zero attached hydrogens (tertiary/aromatic N) is 1. The molecular formula is C18H11ClF3NO4S2. The second kappa shape index (κ2) is 7.85. The topological polar surface area (TPSA) is 70.8 Å². The van der Waals surface area contributed by atoms with Gasteiger partial charge in [-0.05, 0) is 37.3 Å². The van der Waals surface area contributed by atoms with Crippen molar-refractivity contribution in [2.24, 2.45) is 0 Å². The monoisotopic (exact) mass is 461 g/mol. The summed E-state index contributed by atoms with van der Waals surface area (Å²) in [5.74, 6) is -1.54. The van der Waals surface area contributed by atoms with E-state index in [0.29, 0.717) is 0 Å². The summed E-state index contributed by atoms with van der Waals surface area (Å²) in [6.07, 6.45) is -3.19. The van der Waals surface area contributed by atoms with Crippen molar-refractivity contribution in [1.29, 1.82) is 0 Å². The molecule has 11 heteroatoms. The minimum Gasteiger partial charge on any atom is -0.480 e. The van der Waals surface area contributed by atoms with Crippen molar-refractivity contribution < 1.29 is 32.3 Å². The van der Waals surface area contributed by atoms with Gasteiger partial charge >= 0.3 is 12.1 Å².